The SMILES string of the molecule is CCC(C)C(C)(CC)C(C)C(C)C. The summed E-state index contributed by atoms with van der Waals surface area (Å²) < 4.78 is 0. The third-order valence-corrected chi connectivity index (χ3v) is 4.54. The Kier molecular flexibility index (Phi) is 5.02. The fraction of sp³-hybridized carbons (Fsp3) is 1.00. The van der Waals surface area contributed by atoms with E-state index in [0.717, 1.165) is 17.8 Å². The summed E-state index contributed by atoms with van der Waals surface area (Å²) in [6.45, 7) is 16.6. The molecule has 0 spiro atoms. The predicted molar refractivity (Wildman–Crippen MR) is 61.9 cm³/mol. The van der Waals surface area contributed by atoms with Crippen LogP contribution in [0.25, 0.3) is 0 Å². The molecule has 0 fully saturated rings. The average molecular weight is 184 g/mol. The van der Waals surface area contributed by atoms with Crippen molar-refractivity contribution >= 4 is 0 Å². The number of hydrogen-bond acceptors (Lipinski definition) is 0. The minimum absolute atomic E-state index is 0.531. The van der Waals surface area contributed by atoms with Gasteiger partial charge in [0.05, 0.1) is 0 Å². The first-order chi connectivity index (χ1) is 5.90. The molecule has 0 aromatic heterocycles. The van der Waals surface area contributed by atoms with Crippen molar-refractivity contribution in [3.8, 4) is 0 Å². The summed E-state index contributed by atoms with van der Waals surface area (Å²) in [5.41, 5.74) is 0.531. The topological polar surface area (TPSA) is 0 Å². The molecule has 3 atom stereocenters. The number of rotatable bonds is 5. The van der Waals surface area contributed by atoms with Crippen LogP contribution in [0.1, 0.15) is 61.3 Å². The third-order valence-electron chi connectivity index (χ3n) is 4.54. The zero-order valence-corrected chi connectivity index (χ0v) is 10.6. The molecule has 0 radical (unpaired) electrons. The smallest absolute Gasteiger partial charge is 0.0275 e. The van der Waals surface area contributed by atoms with E-state index < -0.39 is 0 Å². The normalized spacial score (nSPS) is 21.2. The van der Waals surface area contributed by atoms with E-state index in [0.29, 0.717) is 5.41 Å². The van der Waals surface area contributed by atoms with Crippen LogP contribution in [0.15, 0.2) is 0 Å². The van der Waals surface area contributed by atoms with Crippen LogP contribution in [0.2, 0.25) is 0 Å². The largest absolute Gasteiger partial charge is 0.0651 e. The Labute approximate surface area is 85.1 Å². The third kappa shape index (κ3) is 2.72. The molecule has 0 aromatic rings. The molecule has 0 heterocycles. The van der Waals surface area contributed by atoms with Gasteiger partial charge in [-0.1, -0.05) is 61.3 Å². The van der Waals surface area contributed by atoms with Crippen molar-refractivity contribution in [1.82, 2.24) is 0 Å². The lowest BCUT2D eigenvalue weighted by Crippen LogP contribution is -2.34. The molecule has 0 nitrogen and oxygen atoms in total. The van der Waals surface area contributed by atoms with Crippen LogP contribution in [-0.2, 0) is 0 Å². The van der Waals surface area contributed by atoms with Crippen molar-refractivity contribution < 1.29 is 0 Å². The van der Waals surface area contributed by atoms with Crippen molar-refractivity contribution in [2.75, 3.05) is 0 Å². The van der Waals surface area contributed by atoms with Crippen molar-refractivity contribution in [3.05, 3.63) is 0 Å². The van der Waals surface area contributed by atoms with E-state index in [4.69, 9.17) is 0 Å². The summed E-state index contributed by atoms with van der Waals surface area (Å²) in [6, 6.07) is 0. The zero-order chi connectivity index (χ0) is 10.6. The van der Waals surface area contributed by atoms with Gasteiger partial charge in [-0.2, -0.15) is 0 Å². The molecule has 0 rings (SSSR count). The van der Waals surface area contributed by atoms with Crippen LogP contribution in [0.4, 0.5) is 0 Å². The molecule has 3 unspecified atom stereocenters. The highest BCUT2D eigenvalue weighted by molar-refractivity contribution is 4.84. The summed E-state index contributed by atoms with van der Waals surface area (Å²) in [6.07, 6.45) is 2.61. The van der Waals surface area contributed by atoms with Crippen LogP contribution in [0, 0.1) is 23.2 Å². The molecule has 0 aliphatic rings. The van der Waals surface area contributed by atoms with E-state index in [2.05, 4.69) is 48.5 Å². The highest BCUT2D eigenvalue weighted by Gasteiger charge is 2.35. The molecule has 0 saturated heterocycles. The van der Waals surface area contributed by atoms with E-state index in [1.165, 1.54) is 12.8 Å². The molecular formula is C13H28. The van der Waals surface area contributed by atoms with Gasteiger partial charge in [0.25, 0.3) is 0 Å². The Morgan fingerprint density at radius 3 is 1.69 bits per heavy atom. The Morgan fingerprint density at radius 1 is 1.00 bits per heavy atom. The van der Waals surface area contributed by atoms with E-state index >= 15 is 0 Å². The standard InChI is InChI=1S/C13H28/c1-8-11(5)13(7,9-2)12(6)10(3)4/h10-12H,8-9H2,1-7H3. The van der Waals surface area contributed by atoms with E-state index in [1.54, 1.807) is 0 Å². The maximum atomic E-state index is 2.46. The summed E-state index contributed by atoms with van der Waals surface area (Å²) in [4.78, 5) is 0. The molecule has 0 aliphatic heterocycles. The second-order valence-electron chi connectivity index (χ2n) is 5.20. The van der Waals surface area contributed by atoms with Gasteiger partial charge in [-0.25, -0.2) is 0 Å². The quantitative estimate of drug-likeness (QED) is 0.579. The molecule has 0 saturated carbocycles. The lowest BCUT2D eigenvalue weighted by Gasteiger charge is -2.42. The van der Waals surface area contributed by atoms with Gasteiger partial charge in [0.15, 0.2) is 0 Å². The minimum Gasteiger partial charge on any atom is -0.0651 e. The summed E-state index contributed by atoms with van der Waals surface area (Å²) >= 11 is 0. The maximum Gasteiger partial charge on any atom is -0.0275 e. The fourth-order valence-corrected chi connectivity index (χ4v) is 2.35. The fourth-order valence-electron chi connectivity index (χ4n) is 2.35. The van der Waals surface area contributed by atoms with Crippen LogP contribution >= 0.6 is 0 Å². The van der Waals surface area contributed by atoms with Gasteiger partial charge in [0, 0.05) is 0 Å². The van der Waals surface area contributed by atoms with Crippen LogP contribution in [-0.4, -0.2) is 0 Å². The van der Waals surface area contributed by atoms with Gasteiger partial charge in [-0.15, -0.1) is 0 Å². The Hall–Kier alpha value is 0. The van der Waals surface area contributed by atoms with Crippen molar-refractivity contribution in [2.45, 2.75) is 61.3 Å². The lowest BCUT2D eigenvalue weighted by atomic mass is 9.63. The van der Waals surface area contributed by atoms with E-state index in [-0.39, 0.29) is 0 Å². The van der Waals surface area contributed by atoms with Crippen LogP contribution in [0.5, 0.6) is 0 Å². The van der Waals surface area contributed by atoms with Gasteiger partial charge in [0.2, 0.25) is 0 Å². The van der Waals surface area contributed by atoms with Gasteiger partial charge in [-0.05, 0) is 23.2 Å². The van der Waals surface area contributed by atoms with Crippen LogP contribution < -0.4 is 0 Å². The predicted octanol–water partition coefficient (Wildman–Crippen LogP) is 4.74. The monoisotopic (exact) mass is 184 g/mol. The zero-order valence-electron chi connectivity index (χ0n) is 10.6. The van der Waals surface area contributed by atoms with Gasteiger partial charge in [0.1, 0.15) is 0 Å². The van der Waals surface area contributed by atoms with Crippen LogP contribution in [0.3, 0.4) is 0 Å². The van der Waals surface area contributed by atoms with Crippen molar-refractivity contribution in [3.63, 3.8) is 0 Å². The molecule has 0 heteroatoms. The Bertz CT molecular complexity index is 137. The van der Waals surface area contributed by atoms with Crippen molar-refractivity contribution in [1.29, 1.82) is 0 Å². The summed E-state index contributed by atoms with van der Waals surface area (Å²) in [7, 11) is 0. The summed E-state index contributed by atoms with van der Waals surface area (Å²) in [5, 5.41) is 0. The van der Waals surface area contributed by atoms with Gasteiger partial charge >= 0.3 is 0 Å². The van der Waals surface area contributed by atoms with Crippen molar-refractivity contribution in [2.24, 2.45) is 23.2 Å². The molecule has 0 amide bonds. The second-order valence-corrected chi connectivity index (χ2v) is 5.20. The highest BCUT2D eigenvalue weighted by Crippen LogP contribution is 2.43. The molecule has 0 aliphatic carbocycles. The Morgan fingerprint density at radius 2 is 1.46 bits per heavy atom. The Balaban J connectivity index is 4.61. The lowest BCUT2D eigenvalue weighted by molar-refractivity contribution is 0.0726. The van der Waals surface area contributed by atoms with E-state index in [9.17, 15) is 0 Å². The molecule has 80 valence electrons. The first kappa shape index (κ1) is 13.0. The molecule has 0 bridgehead atoms. The maximum absolute atomic E-state index is 2.46. The van der Waals surface area contributed by atoms with Gasteiger partial charge in [-0.3, -0.25) is 0 Å². The highest BCUT2D eigenvalue weighted by atomic mass is 14.4. The second kappa shape index (κ2) is 5.02. The minimum atomic E-state index is 0.531. The average Bonchev–Trinajstić information content (AvgIpc) is 2.13. The number of hydrogen-bond donors (Lipinski definition) is 0. The summed E-state index contributed by atoms with van der Waals surface area (Å²) in [5.74, 6) is 2.47. The first-order valence-electron chi connectivity index (χ1n) is 5.90. The van der Waals surface area contributed by atoms with Gasteiger partial charge < -0.3 is 0 Å². The molecule has 13 heavy (non-hydrogen) atoms. The molecule has 0 aromatic carbocycles. The first-order valence-corrected chi connectivity index (χ1v) is 5.90. The molecular weight excluding hydrogens is 156 g/mol. The van der Waals surface area contributed by atoms with E-state index in [1.807, 2.05) is 0 Å². The molecule has 0 N–H and O–H groups in total.